The number of benzene rings is 2. The molecular weight excluding hydrogens is 294 g/mol. The molecule has 1 heterocycles. The smallest absolute Gasteiger partial charge is 0.331 e. The second-order valence-corrected chi connectivity index (χ2v) is 4.87. The van der Waals surface area contributed by atoms with Gasteiger partial charge in [-0.05, 0) is 41.5 Å². The topological polar surface area (TPSA) is 68.6 Å². The van der Waals surface area contributed by atoms with Gasteiger partial charge in [-0.1, -0.05) is 18.2 Å². The molecule has 0 spiro atoms. The van der Waals surface area contributed by atoms with Crippen molar-refractivity contribution in [3.05, 3.63) is 65.2 Å². The first-order valence-corrected chi connectivity index (χ1v) is 6.98. The van der Waals surface area contributed by atoms with E-state index in [2.05, 4.69) is 0 Å². The van der Waals surface area contributed by atoms with Gasteiger partial charge in [-0.15, -0.1) is 0 Å². The molecule has 0 aliphatic carbocycles. The van der Waals surface area contributed by atoms with Crippen LogP contribution in [0, 0.1) is 11.3 Å². The number of carbonyl (C=O) groups excluding carboxylic acids is 1. The van der Waals surface area contributed by atoms with Crippen molar-refractivity contribution in [2.75, 3.05) is 6.79 Å². The molecule has 5 heteroatoms. The monoisotopic (exact) mass is 307 g/mol. The molecule has 1 aliphatic heterocycles. The van der Waals surface area contributed by atoms with Crippen molar-refractivity contribution in [1.82, 2.24) is 0 Å². The first kappa shape index (κ1) is 14.7. The summed E-state index contributed by atoms with van der Waals surface area (Å²) >= 11 is 0. The van der Waals surface area contributed by atoms with Gasteiger partial charge in [0.2, 0.25) is 6.79 Å². The quantitative estimate of drug-likeness (QED) is 0.641. The molecule has 2 aromatic rings. The summed E-state index contributed by atoms with van der Waals surface area (Å²) in [4.78, 5) is 11.7. The van der Waals surface area contributed by atoms with Crippen LogP contribution in [0.3, 0.4) is 0 Å². The number of rotatable bonds is 4. The predicted octanol–water partition coefficient (Wildman–Crippen LogP) is 3.04. The third-order valence-electron chi connectivity index (χ3n) is 3.25. The van der Waals surface area contributed by atoms with Crippen molar-refractivity contribution < 1.29 is 19.0 Å². The predicted molar refractivity (Wildman–Crippen MR) is 82.6 cm³/mol. The Kier molecular flexibility index (Phi) is 4.25. The number of nitriles is 1. The highest BCUT2D eigenvalue weighted by Gasteiger charge is 2.13. The van der Waals surface area contributed by atoms with Crippen LogP contribution in [0.15, 0.2) is 48.5 Å². The highest BCUT2D eigenvalue weighted by atomic mass is 16.7. The molecular formula is C18H13NO4. The SMILES string of the molecule is N#Cc1cccc(/C=C/C(=O)OCc2ccc3c(c2)OCO3)c1. The maximum atomic E-state index is 11.7. The molecule has 0 saturated carbocycles. The van der Waals surface area contributed by atoms with Crippen LogP contribution in [-0.2, 0) is 16.1 Å². The van der Waals surface area contributed by atoms with E-state index in [-0.39, 0.29) is 13.4 Å². The van der Waals surface area contributed by atoms with Gasteiger partial charge >= 0.3 is 5.97 Å². The Bertz CT molecular complexity index is 805. The number of nitrogens with zero attached hydrogens (tertiary/aromatic N) is 1. The molecule has 0 N–H and O–H groups in total. The third kappa shape index (κ3) is 3.69. The average Bonchev–Trinajstić information content (AvgIpc) is 3.06. The zero-order valence-electron chi connectivity index (χ0n) is 12.2. The van der Waals surface area contributed by atoms with E-state index in [4.69, 9.17) is 19.5 Å². The lowest BCUT2D eigenvalue weighted by molar-refractivity contribution is -0.138. The first-order chi connectivity index (χ1) is 11.2. The fourth-order valence-electron chi connectivity index (χ4n) is 2.11. The minimum atomic E-state index is -0.454. The van der Waals surface area contributed by atoms with Crippen molar-refractivity contribution in [2.24, 2.45) is 0 Å². The molecule has 0 unspecified atom stereocenters. The van der Waals surface area contributed by atoms with Gasteiger partial charge in [0, 0.05) is 6.08 Å². The van der Waals surface area contributed by atoms with Crippen LogP contribution in [0.1, 0.15) is 16.7 Å². The van der Waals surface area contributed by atoms with Gasteiger partial charge in [-0.25, -0.2) is 4.79 Å². The zero-order valence-corrected chi connectivity index (χ0v) is 12.2. The minimum absolute atomic E-state index is 0.151. The number of hydrogen-bond donors (Lipinski definition) is 0. The molecule has 0 atom stereocenters. The van der Waals surface area contributed by atoms with Crippen LogP contribution in [0.4, 0.5) is 0 Å². The standard InChI is InChI=1S/C18H13NO4/c19-10-14-3-1-2-13(8-14)5-7-18(20)21-11-15-4-6-16-17(9-15)23-12-22-16/h1-9H,11-12H2/b7-5+. The van der Waals surface area contributed by atoms with Crippen LogP contribution in [0.5, 0.6) is 11.5 Å². The Balaban J connectivity index is 1.57. The summed E-state index contributed by atoms with van der Waals surface area (Å²) in [6.45, 7) is 0.362. The molecule has 0 radical (unpaired) electrons. The van der Waals surface area contributed by atoms with Crippen LogP contribution in [0.25, 0.3) is 6.08 Å². The van der Waals surface area contributed by atoms with Crippen LogP contribution in [-0.4, -0.2) is 12.8 Å². The fraction of sp³-hybridized carbons (Fsp3) is 0.111. The first-order valence-electron chi connectivity index (χ1n) is 6.98. The Morgan fingerprint density at radius 3 is 2.96 bits per heavy atom. The molecule has 0 aromatic heterocycles. The van der Waals surface area contributed by atoms with Gasteiger partial charge in [-0.2, -0.15) is 5.26 Å². The molecule has 0 amide bonds. The van der Waals surface area contributed by atoms with Gasteiger partial charge in [0.25, 0.3) is 0 Å². The van der Waals surface area contributed by atoms with Crippen LogP contribution < -0.4 is 9.47 Å². The van der Waals surface area contributed by atoms with Crippen molar-refractivity contribution in [2.45, 2.75) is 6.61 Å². The van der Waals surface area contributed by atoms with E-state index < -0.39 is 5.97 Å². The highest BCUT2D eigenvalue weighted by Crippen LogP contribution is 2.32. The number of hydrogen-bond acceptors (Lipinski definition) is 5. The molecule has 0 saturated heterocycles. The lowest BCUT2D eigenvalue weighted by Gasteiger charge is -2.03. The average molecular weight is 307 g/mol. The highest BCUT2D eigenvalue weighted by molar-refractivity contribution is 5.87. The Morgan fingerprint density at radius 1 is 1.22 bits per heavy atom. The fourth-order valence-corrected chi connectivity index (χ4v) is 2.11. The van der Waals surface area contributed by atoms with Crippen molar-refractivity contribution in [3.8, 4) is 17.6 Å². The lowest BCUT2D eigenvalue weighted by Crippen LogP contribution is -2.00. The van der Waals surface area contributed by atoms with E-state index in [0.717, 1.165) is 11.1 Å². The molecule has 114 valence electrons. The van der Waals surface area contributed by atoms with Crippen molar-refractivity contribution >= 4 is 12.0 Å². The maximum Gasteiger partial charge on any atom is 0.331 e. The normalized spacial score (nSPS) is 12.1. The van der Waals surface area contributed by atoms with Crippen LogP contribution in [0.2, 0.25) is 0 Å². The minimum Gasteiger partial charge on any atom is -0.458 e. The van der Waals surface area contributed by atoms with E-state index in [1.165, 1.54) is 6.08 Å². The Labute approximate surface area is 133 Å². The Morgan fingerprint density at radius 2 is 2.09 bits per heavy atom. The summed E-state index contributed by atoms with van der Waals surface area (Å²) in [5, 5.41) is 8.83. The third-order valence-corrected chi connectivity index (χ3v) is 3.25. The molecule has 5 nitrogen and oxygen atoms in total. The van der Waals surface area contributed by atoms with Gasteiger partial charge in [0.1, 0.15) is 6.61 Å². The number of carbonyl (C=O) groups is 1. The Hall–Kier alpha value is -3.26. The van der Waals surface area contributed by atoms with E-state index in [9.17, 15) is 4.79 Å². The molecule has 2 aromatic carbocycles. The van der Waals surface area contributed by atoms with Crippen molar-refractivity contribution in [3.63, 3.8) is 0 Å². The summed E-state index contributed by atoms with van der Waals surface area (Å²) in [6, 6.07) is 14.4. The van der Waals surface area contributed by atoms with E-state index in [1.807, 2.05) is 18.2 Å². The number of esters is 1. The molecule has 1 aliphatic rings. The van der Waals surface area contributed by atoms with E-state index in [0.29, 0.717) is 17.1 Å². The summed E-state index contributed by atoms with van der Waals surface area (Å²) in [7, 11) is 0. The summed E-state index contributed by atoms with van der Waals surface area (Å²) in [5.41, 5.74) is 2.13. The molecule has 23 heavy (non-hydrogen) atoms. The number of ether oxygens (including phenoxy) is 3. The summed E-state index contributed by atoms with van der Waals surface area (Å²) in [6.07, 6.45) is 2.95. The zero-order chi connectivity index (χ0) is 16.1. The largest absolute Gasteiger partial charge is 0.458 e. The second-order valence-electron chi connectivity index (χ2n) is 4.87. The van der Waals surface area contributed by atoms with Crippen LogP contribution >= 0.6 is 0 Å². The van der Waals surface area contributed by atoms with E-state index >= 15 is 0 Å². The van der Waals surface area contributed by atoms with Gasteiger partial charge in [0.05, 0.1) is 11.6 Å². The van der Waals surface area contributed by atoms with Gasteiger partial charge in [-0.3, -0.25) is 0 Å². The second kappa shape index (κ2) is 6.67. The molecule has 3 rings (SSSR count). The molecule has 0 bridgehead atoms. The van der Waals surface area contributed by atoms with Gasteiger partial charge in [0.15, 0.2) is 11.5 Å². The number of fused-ring (bicyclic) bond motifs is 1. The van der Waals surface area contributed by atoms with Gasteiger partial charge < -0.3 is 14.2 Å². The maximum absolute atomic E-state index is 11.7. The molecule has 0 fully saturated rings. The lowest BCUT2D eigenvalue weighted by atomic mass is 10.1. The van der Waals surface area contributed by atoms with E-state index in [1.54, 1.807) is 36.4 Å². The summed E-state index contributed by atoms with van der Waals surface area (Å²) in [5.74, 6) is 0.893. The van der Waals surface area contributed by atoms with Crippen molar-refractivity contribution in [1.29, 1.82) is 5.26 Å². The summed E-state index contributed by atoms with van der Waals surface area (Å²) < 4.78 is 15.7.